The van der Waals surface area contributed by atoms with Crippen molar-refractivity contribution in [1.29, 1.82) is 0 Å². The summed E-state index contributed by atoms with van der Waals surface area (Å²) in [5.41, 5.74) is 8.32. The lowest BCUT2D eigenvalue weighted by molar-refractivity contribution is 0.354. The lowest BCUT2D eigenvalue weighted by atomic mass is 9.93. The number of nitrogens with one attached hydrogen (secondary N) is 1. The van der Waals surface area contributed by atoms with Gasteiger partial charge in [0.1, 0.15) is 5.82 Å². The van der Waals surface area contributed by atoms with Gasteiger partial charge in [-0.3, -0.25) is 4.79 Å². The van der Waals surface area contributed by atoms with Crippen molar-refractivity contribution in [3.63, 3.8) is 0 Å². The molecule has 1 aliphatic rings. The van der Waals surface area contributed by atoms with Gasteiger partial charge in [-0.1, -0.05) is 30.3 Å². The molecule has 3 heterocycles. The summed E-state index contributed by atoms with van der Waals surface area (Å²) in [5, 5.41) is 1.70. The topological polar surface area (TPSA) is 70.3 Å². The summed E-state index contributed by atoms with van der Waals surface area (Å²) < 4.78 is 15.0. The number of nitrogens with zero attached hydrogens (tertiary/aromatic N) is 3. The maximum Gasteiger partial charge on any atom is 0.279 e. The SMILES string of the molecule is COc1cc2c(cc1OC)C(c1cn(C)c3ccccc13)Nn1c(nc3ccccc3c1=O)C2. The van der Waals surface area contributed by atoms with Gasteiger partial charge in [0.2, 0.25) is 0 Å². The number of hydrogen-bond donors (Lipinski definition) is 1. The summed E-state index contributed by atoms with van der Waals surface area (Å²) >= 11 is 0. The predicted molar refractivity (Wildman–Crippen MR) is 132 cm³/mol. The zero-order valence-electron chi connectivity index (χ0n) is 19.2. The average Bonchev–Trinajstić information content (AvgIpc) is 3.11. The van der Waals surface area contributed by atoms with E-state index >= 15 is 0 Å². The molecule has 6 rings (SSSR count). The maximum absolute atomic E-state index is 13.6. The van der Waals surface area contributed by atoms with Gasteiger partial charge in [0.15, 0.2) is 11.5 Å². The van der Waals surface area contributed by atoms with E-state index in [0.29, 0.717) is 34.6 Å². The molecule has 2 aromatic heterocycles. The summed E-state index contributed by atoms with van der Waals surface area (Å²) in [6.45, 7) is 0. The average molecular weight is 453 g/mol. The Morgan fingerprint density at radius 3 is 2.44 bits per heavy atom. The third-order valence-electron chi connectivity index (χ3n) is 6.65. The highest BCUT2D eigenvalue weighted by atomic mass is 16.5. The van der Waals surface area contributed by atoms with Gasteiger partial charge in [0.05, 0.1) is 31.2 Å². The summed E-state index contributed by atoms with van der Waals surface area (Å²) in [6.07, 6.45) is 2.59. The lowest BCUT2D eigenvalue weighted by Gasteiger charge is -2.22. The van der Waals surface area contributed by atoms with Gasteiger partial charge in [-0.15, -0.1) is 0 Å². The van der Waals surface area contributed by atoms with E-state index in [1.807, 2.05) is 55.6 Å². The zero-order valence-corrected chi connectivity index (χ0v) is 19.2. The molecule has 5 aromatic rings. The number of hydrogen-bond acceptors (Lipinski definition) is 5. The van der Waals surface area contributed by atoms with Crippen molar-refractivity contribution < 1.29 is 9.47 Å². The van der Waals surface area contributed by atoms with E-state index in [0.717, 1.165) is 27.6 Å². The second kappa shape index (κ2) is 7.66. The zero-order chi connectivity index (χ0) is 23.4. The maximum atomic E-state index is 13.6. The molecule has 1 atom stereocenters. The summed E-state index contributed by atoms with van der Waals surface area (Å²) in [6, 6.07) is 19.4. The molecule has 1 aliphatic heterocycles. The first-order valence-corrected chi connectivity index (χ1v) is 11.1. The normalized spacial score (nSPS) is 14.9. The Morgan fingerprint density at radius 2 is 1.65 bits per heavy atom. The Kier molecular flexibility index (Phi) is 4.58. The van der Waals surface area contributed by atoms with Crippen LogP contribution in [-0.4, -0.2) is 28.4 Å². The number of aromatic nitrogens is 3. The molecule has 0 amide bonds. The van der Waals surface area contributed by atoms with E-state index in [9.17, 15) is 4.79 Å². The Bertz CT molecular complexity index is 1630. The van der Waals surface area contributed by atoms with Crippen LogP contribution in [-0.2, 0) is 13.5 Å². The molecule has 0 fully saturated rings. The molecule has 34 heavy (non-hydrogen) atoms. The van der Waals surface area contributed by atoms with Crippen molar-refractivity contribution >= 4 is 21.8 Å². The summed E-state index contributed by atoms with van der Waals surface area (Å²) in [5.74, 6) is 1.94. The van der Waals surface area contributed by atoms with E-state index in [-0.39, 0.29) is 11.6 Å². The number of para-hydroxylation sites is 2. The van der Waals surface area contributed by atoms with Gasteiger partial charge in [-0.25, -0.2) is 9.66 Å². The molecule has 0 saturated heterocycles. The molecular formula is C27H24N4O3. The highest BCUT2D eigenvalue weighted by Crippen LogP contribution is 2.40. The van der Waals surface area contributed by atoms with E-state index in [2.05, 4.69) is 28.3 Å². The van der Waals surface area contributed by atoms with Crippen molar-refractivity contribution in [2.75, 3.05) is 19.6 Å². The van der Waals surface area contributed by atoms with E-state index < -0.39 is 0 Å². The minimum Gasteiger partial charge on any atom is -0.493 e. The first-order chi connectivity index (χ1) is 16.6. The third kappa shape index (κ3) is 2.97. The van der Waals surface area contributed by atoms with Crippen LogP contribution >= 0.6 is 0 Å². The van der Waals surface area contributed by atoms with Crippen LogP contribution < -0.4 is 20.5 Å². The minimum atomic E-state index is -0.303. The highest BCUT2D eigenvalue weighted by Gasteiger charge is 2.29. The molecule has 0 radical (unpaired) electrons. The van der Waals surface area contributed by atoms with Gasteiger partial charge < -0.3 is 19.5 Å². The minimum absolute atomic E-state index is 0.113. The van der Waals surface area contributed by atoms with Gasteiger partial charge in [0.25, 0.3) is 5.56 Å². The molecule has 0 saturated carbocycles. The molecular weight excluding hydrogens is 428 g/mol. The van der Waals surface area contributed by atoms with Gasteiger partial charge in [-0.2, -0.15) is 0 Å². The monoisotopic (exact) mass is 452 g/mol. The number of ether oxygens (including phenoxy) is 2. The molecule has 1 N–H and O–H groups in total. The predicted octanol–water partition coefficient (Wildman–Crippen LogP) is 4.14. The number of aryl methyl sites for hydroxylation is 1. The van der Waals surface area contributed by atoms with Crippen LogP contribution in [0.15, 0.2) is 71.7 Å². The third-order valence-corrected chi connectivity index (χ3v) is 6.65. The second-order valence-electron chi connectivity index (χ2n) is 8.54. The largest absolute Gasteiger partial charge is 0.493 e. The molecule has 7 heteroatoms. The highest BCUT2D eigenvalue weighted by molar-refractivity contribution is 5.85. The van der Waals surface area contributed by atoms with Gasteiger partial charge >= 0.3 is 0 Å². The molecule has 170 valence electrons. The standard InChI is InChI=1S/C27H24N4O3/c1-30-15-20(17-8-5-7-11-22(17)30)26-19-14-24(34-3)23(33-2)12-16(19)13-25-28-21-10-6-4-9-18(21)27(32)31(25)29-26/h4-12,14-15,26,29H,13H2,1-3H3. The first-order valence-electron chi connectivity index (χ1n) is 11.1. The molecule has 3 aromatic carbocycles. The first kappa shape index (κ1) is 20.4. The number of fused-ring (bicyclic) bond motifs is 4. The van der Waals surface area contributed by atoms with Crippen molar-refractivity contribution in [3.8, 4) is 11.5 Å². The molecule has 7 nitrogen and oxygen atoms in total. The summed E-state index contributed by atoms with van der Waals surface area (Å²) in [7, 11) is 5.30. The van der Waals surface area contributed by atoms with Crippen molar-refractivity contribution in [3.05, 3.63) is 99.7 Å². The summed E-state index contributed by atoms with van der Waals surface area (Å²) in [4.78, 5) is 18.4. The lowest BCUT2D eigenvalue weighted by Crippen LogP contribution is -2.34. The molecule has 1 unspecified atom stereocenters. The van der Waals surface area contributed by atoms with Crippen molar-refractivity contribution in [1.82, 2.24) is 14.2 Å². The Labute approximate surface area is 196 Å². The second-order valence-corrected chi connectivity index (χ2v) is 8.54. The number of benzene rings is 3. The van der Waals surface area contributed by atoms with Crippen LogP contribution in [0.25, 0.3) is 21.8 Å². The molecule has 0 bridgehead atoms. The van der Waals surface area contributed by atoms with Crippen LogP contribution in [0.3, 0.4) is 0 Å². The fourth-order valence-electron chi connectivity index (χ4n) is 5.00. The van der Waals surface area contributed by atoms with Crippen LogP contribution in [0, 0.1) is 0 Å². The van der Waals surface area contributed by atoms with Gasteiger partial charge in [0, 0.05) is 36.1 Å². The Balaban J connectivity index is 1.67. The molecule has 0 aliphatic carbocycles. The fraction of sp³-hybridized carbons (Fsp3) is 0.185. The quantitative estimate of drug-likeness (QED) is 0.446. The number of methoxy groups -OCH3 is 2. The Morgan fingerprint density at radius 1 is 0.941 bits per heavy atom. The van der Waals surface area contributed by atoms with Crippen LogP contribution in [0.4, 0.5) is 0 Å². The van der Waals surface area contributed by atoms with E-state index in [4.69, 9.17) is 14.5 Å². The van der Waals surface area contributed by atoms with Crippen molar-refractivity contribution in [2.24, 2.45) is 7.05 Å². The fourth-order valence-corrected chi connectivity index (χ4v) is 5.00. The molecule has 0 spiro atoms. The van der Waals surface area contributed by atoms with Crippen LogP contribution in [0.2, 0.25) is 0 Å². The Hall–Kier alpha value is -4.26. The van der Waals surface area contributed by atoms with Crippen LogP contribution in [0.1, 0.15) is 28.6 Å². The van der Waals surface area contributed by atoms with Crippen molar-refractivity contribution in [2.45, 2.75) is 12.5 Å². The number of rotatable bonds is 3. The van der Waals surface area contributed by atoms with E-state index in [1.165, 1.54) is 0 Å². The van der Waals surface area contributed by atoms with Crippen LogP contribution in [0.5, 0.6) is 11.5 Å². The smallest absolute Gasteiger partial charge is 0.279 e. The van der Waals surface area contributed by atoms with E-state index in [1.54, 1.807) is 18.9 Å². The van der Waals surface area contributed by atoms with Gasteiger partial charge in [-0.05, 0) is 41.5 Å².